The Balaban J connectivity index is 1.62. The van der Waals surface area contributed by atoms with Crippen LogP contribution in [0.25, 0.3) is 0 Å². The Kier molecular flexibility index (Phi) is 6.97. The van der Waals surface area contributed by atoms with Crippen LogP contribution in [-0.4, -0.2) is 65.3 Å². The molecule has 2 aromatic carbocycles. The molecule has 2 aliphatic rings. The molecule has 3 amide bonds. The predicted octanol–water partition coefficient (Wildman–Crippen LogP) is 3.97. The number of carbonyl (C=O) groups excluding carboxylic acids is 2. The van der Waals surface area contributed by atoms with Crippen molar-refractivity contribution in [1.29, 1.82) is 0 Å². The number of benzene rings is 2. The Bertz CT molecular complexity index is 1520. The van der Waals surface area contributed by atoms with Gasteiger partial charge < -0.3 is 10.6 Å². The van der Waals surface area contributed by atoms with E-state index in [0.717, 1.165) is 10.0 Å². The Morgan fingerprint density at radius 1 is 1.08 bits per heavy atom. The van der Waals surface area contributed by atoms with E-state index in [9.17, 15) is 18.0 Å². The SMILES string of the molecule is C[C@@]1(Cc2ccc(Br)cc2)C(=O)N(c2cc(Cl)cc(Cl)c2)c2ncc(S(=O)(=O)N3CCN(C(N)=O)CC3)n21. The molecule has 2 aliphatic heterocycles. The summed E-state index contributed by atoms with van der Waals surface area (Å²) in [5, 5.41) is 0.517. The Morgan fingerprint density at radius 2 is 1.68 bits per heavy atom. The number of imidazole rings is 1. The van der Waals surface area contributed by atoms with Crippen molar-refractivity contribution < 1.29 is 18.0 Å². The van der Waals surface area contributed by atoms with Gasteiger partial charge in [0.15, 0.2) is 5.03 Å². The molecule has 200 valence electrons. The van der Waals surface area contributed by atoms with Gasteiger partial charge in [0.1, 0.15) is 5.54 Å². The van der Waals surface area contributed by atoms with Crippen LogP contribution in [0.5, 0.6) is 0 Å². The number of rotatable bonds is 5. The second kappa shape index (κ2) is 9.83. The number of anilines is 2. The summed E-state index contributed by atoms with van der Waals surface area (Å²) < 4.78 is 31.4. The summed E-state index contributed by atoms with van der Waals surface area (Å²) in [5.41, 5.74) is 5.21. The van der Waals surface area contributed by atoms with Gasteiger partial charge in [-0.2, -0.15) is 4.31 Å². The van der Waals surface area contributed by atoms with E-state index >= 15 is 0 Å². The van der Waals surface area contributed by atoms with Crippen LogP contribution in [0.15, 0.2) is 58.2 Å². The number of urea groups is 1. The van der Waals surface area contributed by atoms with E-state index < -0.39 is 21.6 Å². The summed E-state index contributed by atoms with van der Waals surface area (Å²) in [6.07, 6.45) is 1.46. The number of aromatic nitrogens is 2. The first kappa shape index (κ1) is 26.9. The van der Waals surface area contributed by atoms with Gasteiger partial charge in [0.05, 0.1) is 11.9 Å². The predicted molar refractivity (Wildman–Crippen MR) is 147 cm³/mol. The molecule has 1 aromatic heterocycles. The monoisotopic (exact) mass is 640 g/mol. The molecule has 10 nitrogen and oxygen atoms in total. The lowest BCUT2D eigenvalue weighted by Gasteiger charge is -2.33. The van der Waals surface area contributed by atoms with Crippen LogP contribution in [0, 0.1) is 0 Å². The summed E-state index contributed by atoms with van der Waals surface area (Å²) in [7, 11) is -4.09. The van der Waals surface area contributed by atoms with E-state index in [0.29, 0.717) is 15.7 Å². The van der Waals surface area contributed by atoms with Gasteiger partial charge in [-0.3, -0.25) is 9.36 Å². The third-order valence-corrected chi connectivity index (χ3v) is 9.62. The molecular formula is C24H23BrCl2N6O4S. The quantitative estimate of drug-likeness (QED) is 0.452. The second-order valence-electron chi connectivity index (χ2n) is 9.31. The number of nitrogens with zero attached hydrogens (tertiary/aromatic N) is 5. The van der Waals surface area contributed by atoms with E-state index in [4.69, 9.17) is 28.9 Å². The highest BCUT2D eigenvalue weighted by Gasteiger charge is 2.52. The zero-order chi connectivity index (χ0) is 27.4. The number of amides is 3. The van der Waals surface area contributed by atoms with Crippen molar-refractivity contribution in [3.8, 4) is 0 Å². The van der Waals surface area contributed by atoms with E-state index in [1.807, 2.05) is 24.3 Å². The smallest absolute Gasteiger partial charge is 0.314 e. The molecule has 3 heterocycles. The fourth-order valence-electron chi connectivity index (χ4n) is 4.89. The maximum absolute atomic E-state index is 14.1. The van der Waals surface area contributed by atoms with Crippen molar-refractivity contribution in [2.24, 2.45) is 5.73 Å². The zero-order valence-electron chi connectivity index (χ0n) is 20.1. The highest BCUT2D eigenvalue weighted by atomic mass is 79.9. The molecule has 1 atom stereocenters. The minimum absolute atomic E-state index is 0.0662. The van der Waals surface area contributed by atoms with Gasteiger partial charge >= 0.3 is 6.03 Å². The highest BCUT2D eigenvalue weighted by molar-refractivity contribution is 9.10. The highest BCUT2D eigenvalue weighted by Crippen LogP contribution is 2.45. The Morgan fingerprint density at radius 3 is 2.26 bits per heavy atom. The average molecular weight is 642 g/mol. The van der Waals surface area contributed by atoms with Crippen molar-refractivity contribution in [3.05, 3.63) is 68.7 Å². The number of hydrogen-bond donors (Lipinski definition) is 1. The summed E-state index contributed by atoms with van der Waals surface area (Å²) in [6.45, 7) is 2.15. The van der Waals surface area contributed by atoms with Crippen molar-refractivity contribution in [1.82, 2.24) is 18.8 Å². The van der Waals surface area contributed by atoms with Gasteiger partial charge in [-0.05, 0) is 42.8 Å². The van der Waals surface area contributed by atoms with Gasteiger partial charge in [-0.25, -0.2) is 23.1 Å². The molecule has 1 fully saturated rings. The van der Waals surface area contributed by atoms with E-state index in [1.165, 1.54) is 24.9 Å². The van der Waals surface area contributed by atoms with Crippen molar-refractivity contribution in [2.45, 2.75) is 23.9 Å². The number of fused-ring (bicyclic) bond motifs is 1. The maximum Gasteiger partial charge on any atom is 0.314 e. The van der Waals surface area contributed by atoms with Gasteiger partial charge in [-0.1, -0.05) is 51.3 Å². The first-order chi connectivity index (χ1) is 17.9. The normalized spacial score (nSPS) is 20.2. The molecule has 0 saturated carbocycles. The fraction of sp³-hybridized carbons (Fsp3) is 0.292. The number of hydrogen-bond acceptors (Lipinski definition) is 5. The Hall–Kier alpha value is -2.64. The van der Waals surface area contributed by atoms with Crippen LogP contribution in [0.3, 0.4) is 0 Å². The summed E-state index contributed by atoms with van der Waals surface area (Å²) in [6, 6.07) is 11.6. The van der Waals surface area contributed by atoms with Crippen LogP contribution >= 0.6 is 39.1 Å². The standard InChI is InChI=1S/C24H23BrCl2N6O4S/c1-24(13-15-2-4-16(25)5-3-15)21(34)32(19-11-17(26)10-18(27)12-19)23-29-14-20(33(23)24)38(36,37)31-8-6-30(7-9-31)22(28)35/h2-5,10-12,14H,6-9,13H2,1H3,(H2,28,35)/t24-/m1/s1. The molecule has 3 aromatic rings. The fourth-order valence-corrected chi connectivity index (χ4v) is 7.28. The first-order valence-electron chi connectivity index (χ1n) is 11.6. The third-order valence-electron chi connectivity index (χ3n) is 6.79. The number of sulfonamides is 1. The van der Waals surface area contributed by atoms with Crippen LogP contribution in [0.2, 0.25) is 10.0 Å². The lowest BCUT2D eigenvalue weighted by Crippen LogP contribution is -2.52. The molecule has 14 heteroatoms. The summed E-state index contributed by atoms with van der Waals surface area (Å²) >= 11 is 15.9. The largest absolute Gasteiger partial charge is 0.351 e. The molecule has 5 rings (SSSR count). The summed E-state index contributed by atoms with van der Waals surface area (Å²) in [4.78, 5) is 32.8. The average Bonchev–Trinajstić information content (AvgIpc) is 3.39. The van der Waals surface area contributed by atoms with Crippen LogP contribution < -0.4 is 10.6 Å². The molecule has 0 bridgehead atoms. The zero-order valence-corrected chi connectivity index (χ0v) is 24.1. The van der Waals surface area contributed by atoms with E-state index in [1.54, 1.807) is 25.1 Å². The Labute approximate surface area is 238 Å². The van der Waals surface area contributed by atoms with Gasteiger partial charge in [0, 0.05) is 47.1 Å². The molecular weight excluding hydrogens is 619 g/mol. The number of halogens is 3. The minimum Gasteiger partial charge on any atom is -0.351 e. The molecule has 0 spiro atoms. The molecule has 2 N–H and O–H groups in total. The lowest BCUT2D eigenvalue weighted by molar-refractivity contribution is -0.124. The van der Waals surface area contributed by atoms with Crippen molar-refractivity contribution >= 4 is 72.7 Å². The van der Waals surface area contributed by atoms with E-state index in [2.05, 4.69) is 20.9 Å². The van der Waals surface area contributed by atoms with Crippen LogP contribution in [0.1, 0.15) is 12.5 Å². The van der Waals surface area contributed by atoms with Gasteiger partial charge in [0.2, 0.25) is 5.95 Å². The molecule has 38 heavy (non-hydrogen) atoms. The van der Waals surface area contributed by atoms with Crippen LogP contribution in [0.4, 0.5) is 16.4 Å². The van der Waals surface area contributed by atoms with Gasteiger partial charge in [0.25, 0.3) is 15.9 Å². The van der Waals surface area contributed by atoms with E-state index in [-0.39, 0.29) is 49.5 Å². The maximum atomic E-state index is 14.1. The molecule has 0 unspecified atom stereocenters. The van der Waals surface area contributed by atoms with Gasteiger partial charge in [-0.15, -0.1) is 0 Å². The van der Waals surface area contributed by atoms with Crippen molar-refractivity contribution in [3.63, 3.8) is 0 Å². The van der Waals surface area contributed by atoms with Crippen LogP contribution in [-0.2, 0) is 26.8 Å². The molecule has 0 aliphatic carbocycles. The lowest BCUT2D eigenvalue weighted by atomic mass is 9.92. The number of primary amides is 1. The molecule has 0 radical (unpaired) electrons. The number of nitrogens with two attached hydrogens (primary N) is 1. The third kappa shape index (κ3) is 4.58. The molecule has 1 saturated heterocycles. The van der Waals surface area contributed by atoms with Crippen molar-refractivity contribution in [2.75, 3.05) is 31.1 Å². The minimum atomic E-state index is -4.09. The second-order valence-corrected chi connectivity index (χ2v) is 13.0. The topological polar surface area (TPSA) is 122 Å². The number of piperazine rings is 1. The summed E-state index contributed by atoms with van der Waals surface area (Å²) in [5.74, 6) is -0.237. The first-order valence-corrected chi connectivity index (χ1v) is 14.6. The number of carbonyl (C=O) groups is 2.